The maximum Gasteiger partial charge on any atom is 0.426 e. The van der Waals surface area contributed by atoms with Gasteiger partial charge in [0, 0.05) is 11.1 Å². The molecule has 1 saturated heterocycles. The zero-order valence-corrected chi connectivity index (χ0v) is 15.0. The molecule has 1 fully saturated rings. The summed E-state index contributed by atoms with van der Waals surface area (Å²) in [6.07, 6.45) is -0.739. The molecule has 0 N–H and O–H groups in total. The van der Waals surface area contributed by atoms with E-state index in [-0.39, 0.29) is 18.9 Å². The summed E-state index contributed by atoms with van der Waals surface area (Å²) in [5, 5.41) is 0.406. The van der Waals surface area contributed by atoms with Crippen molar-refractivity contribution in [3.63, 3.8) is 0 Å². The van der Waals surface area contributed by atoms with Crippen LogP contribution in [0.25, 0.3) is 0 Å². The first kappa shape index (κ1) is 19.1. The number of ether oxygens (including phenoxy) is 2. The highest BCUT2D eigenvalue weighted by Crippen LogP contribution is 2.22. The number of nitrogens with zero attached hydrogens (tertiary/aromatic N) is 1. The quantitative estimate of drug-likeness (QED) is 0.543. The van der Waals surface area contributed by atoms with Gasteiger partial charge in [-0.15, -0.1) is 0 Å². The summed E-state index contributed by atoms with van der Waals surface area (Å²) in [6.45, 7) is 2.86. The van der Waals surface area contributed by atoms with E-state index in [1.807, 2.05) is 0 Å². The number of esters is 1. The lowest BCUT2D eigenvalue weighted by atomic mass is 10.3. The monoisotopic (exact) mass is 389 g/mol. The van der Waals surface area contributed by atoms with Gasteiger partial charge in [-0.05, 0) is 38.1 Å². The van der Waals surface area contributed by atoms with Gasteiger partial charge in [0.25, 0.3) is 0 Å². The number of cyclic esters (lactones) is 1. The molecule has 25 heavy (non-hydrogen) atoms. The number of hydrogen-bond donors (Lipinski definition) is 0. The maximum atomic E-state index is 12.2. The first-order valence-electron chi connectivity index (χ1n) is 7.17. The molecular formula is C15H16ClNO7S. The summed E-state index contributed by atoms with van der Waals surface area (Å²) in [5.74, 6) is -0.606. The number of halogens is 1. The van der Waals surface area contributed by atoms with Gasteiger partial charge in [0.2, 0.25) is 0 Å². The Morgan fingerprint density at radius 3 is 2.60 bits per heavy atom. The molecule has 1 aliphatic rings. The van der Waals surface area contributed by atoms with Crippen LogP contribution in [0.1, 0.15) is 13.8 Å². The van der Waals surface area contributed by atoms with Crippen molar-refractivity contribution in [1.29, 1.82) is 0 Å². The molecule has 136 valence electrons. The van der Waals surface area contributed by atoms with Gasteiger partial charge in [0.15, 0.2) is 6.10 Å². The topological polar surface area (TPSA) is 99.2 Å². The minimum Gasteiger partial charge on any atom is -0.459 e. The van der Waals surface area contributed by atoms with Crippen molar-refractivity contribution in [2.45, 2.75) is 20.0 Å². The van der Waals surface area contributed by atoms with Crippen LogP contribution in [0, 0.1) is 0 Å². The third-order valence-corrected chi connectivity index (χ3v) is 4.44. The van der Waals surface area contributed by atoms with Crippen molar-refractivity contribution in [3.05, 3.63) is 40.9 Å². The molecule has 1 amide bonds. The number of benzene rings is 1. The van der Waals surface area contributed by atoms with Crippen LogP contribution < -0.4 is 4.18 Å². The maximum absolute atomic E-state index is 12.2. The molecule has 0 radical (unpaired) electrons. The van der Waals surface area contributed by atoms with Gasteiger partial charge >= 0.3 is 22.4 Å². The molecule has 2 rings (SSSR count). The number of carbonyl (C=O) groups is 2. The van der Waals surface area contributed by atoms with E-state index >= 15 is 0 Å². The van der Waals surface area contributed by atoms with Gasteiger partial charge in [0.05, 0.1) is 6.54 Å². The molecule has 0 saturated carbocycles. The molecule has 1 heterocycles. The predicted octanol–water partition coefficient (Wildman–Crippen LogP) is 2.29. The third kappa shape index (κ3) is 5.36. The molecule has 0 spiro atoms. The Balaban J connectivity index is 1.97. The Morgan fingerprint density at radius 1 is 1.36 bits per heavy atom. The fourth-order valence-corrected chi connectivity index (χ4v) is 3.02. The molecular weight excluding hydrogens is 374 g/mol. The Morgan fingerprint density at radius 2 is 2.00 bits per heavy atom. The molecule has 0 aliphatic carbocycles. The van der Waals surface area contributed by atoms with E-state index < -0.39 is 28.5 Å². The lowest BCUT2D eigenvalue weighted by Gasteiger charge is -2.13. The van der Waals surface area contributed by atoms with Gasteiger partial charge in [-0.2, -0.15) is 12.7 Å². The van der Waals surface area contributed by atoms with Crippen LogP contribution in [0.5, 0.6) is 5.75 Å². The van der Waals surface area contributed by atoms with Crippen molar-refractivity contribution in [3.8, 4) is 5.75 Å². The third-order valence-electron chi connectivity index (χ3n) is 2.94. The SMILES string of the molecule is CC(C)=CC(=O)OCC1CN(S(=O)(=O)Oc2ccc(Cl)cc2)C(=O)O1. The van der Waals surface area contributed by atoms with E-state index in [2.05, 4.69) is 0 Å². The molecule has 1 atom stereocenters. The van der Waals surface area contributed by atoms with E-state index in [0.29, 0.717) is 9.33 Å². The Hall–Kier alpha value is -2.26. The normalized spacial score (nSPS) is 17.0. The van der Waals surface area contributed by atoms with Crippen molar-refractivity contribution in [2.24, 2.45) is 0 Å². The van der Waals surface area contributed by atoms with Crippen LogP contribution >= 0.6 is 11.6 Å². The summed E-state index contributed by atoms with van der Waals surface area (Å²) in [5.41, 5.74) is 0.744. The fraction of sp³-hybridized carbons (Fsp3) is 0.333. The van der Waals surface area contributed by atoms with Gasteiger partial charge in [-0.3, -0.25) is 0 Å². The molecule has 0 aromatic heterocycles. The van der Waals surface area contributed by atoms with E-state index in [1.165, 1.54) is 30.3 Å². The Kier molecular flexibility index (Phi) is 5.91. The van der Waals surface area contributed by atoms with Gasteiger partial charge < -0.3 is 13.7 Å². The summed E-state index contributed by atoms with van der Waals surface area (Å²) >= 11 is 5.71. The number of carbonyl (C=O) groups excluding carboxylic acids is 2. The van der Waals surface area contributed by atoms with E-state index in [0.717, 1.165) is 5.57 Å². The zero-order valence-electron chi connectivity index (χ0n) is 13.5. The fourth-order valence-electron chi connectivity index (χ4n) is 1.88. The molecule has 8 nitrogen and oxygen atoms in total. The molecule has 1 aromatic carbocycles. The average molecular weight is 390 g/mol. The first-order valence-corrected chi connectivity index (χ1v) is 8.91. The van der Waals surface area contributed by atoms with Crippen LogP contribution in [0.2, 0.25) is 5.02 Å². The second kappa shape index (κ2) is 7.75. The first-order chi connectivity index (χ1) is 11.7. The average Bonchev–Trinajstić information content (AvgIpc) is 2.89. The highest BCUT2D eigenvalue weighted by atomic mass is 35.5. The highest BCUT2D eigenvalue weighted by molar-refractivity contribution is 7.85. The second-order valence-electron chi connectivity index (χ2n) is 5.38. The Bertz CT molecular complexity index is 785. The van der Waals surface area contributed by atoms with Crippen molar-refractivity contribution < 1.29 is 31.7 Å². The van der Waals surface area contributed by atoms with E-state index in [1.54, 1.807) is 13.8 Å². The molecule has 1 aromatic rings. The highest BCUT2D eigenvalue weighted by Gasteiger charge is 2.41. The van der Waals surface area contributed by atoms with Gasteiger partial charge in [-0.25, -0.2) is 9.59 Å². The second-order valence-corrected chi connectivity index (χ2v) is 7.28. The van der Waals surface area contributed by atoms with Crippen LogP contribution in [-0.2, 0) is 24.6 Å². The van der Waals surface area contributed by atoms with Crippen molar-refractivity contribution in [2.75, 3.05) is 13.2 Å². The molecule has 0 bridgehead atoms. The van der Waals surface area contributed by atoms with Gasteiger partial charge in [0.1, 0.15) is 12.4 Å². The molecule has 10 heteroatoms. The summed E-state index contributed by atoms with van der Waals surface area (Å²) in [6, 6.07) is 5.58. The number of allylic oxidation sites excluding steroid dienone is 1. The van der Waals surface area contributed by atoms with Crippen LogP contribution in [-0.4, -0.2) is 44.0 Å². The number of rotatable bonds is 6. The predicted molar refractivity (Wildman–Crippen MR) is 88.4 cm³/mol. The van der Waals surface area contributed by atoms with E-state index in [4.69, 9.17) is 25.3 Å². The molecule has 1 unspecified atom stereocenters. The summed E-state index contributed by atoms with van der Waals surface area (Å²) in [7, 11) is -4.40. The van der Waals surface area contributed by atoms with Crippen molar-refractivity contribution >= 4 is 34.0 Å². The minimum absolute atomic E-state index is 0.00404. The van der Waals surface area contributed by atoms with Gasteiger partial charge in [-0.1, -0.05) is 17.2 Å². The smallest absolute Gasteiger partial charge is 0.426 e. The standard InChI is InChI=1S/C15H16ClNO7S/c1-10(2)7-14(18)22-9-13-8-17(15(19)23-13)25(20,21)24-12-5-3-11(16)4-6-12/h3-7,13H,8-9H2,1-2H3. The number of amides is 1. The Labute approximate surface area is 150 Å². The van der Waals surface area contributed by atoms with E-state index in [9.17, 15) is 18.0 Å². The largest absolute Gasteiger partial charge is 0.459 e. The zero-order chi connectivity index (χ0) is 18.6. The summed E-state index contributed by atoms with van der Waals surface area (Å²) < 4.78 is 39.4. The lowest BCUT2D eigenvalue weighted by molar-refractivity contribution is -0.140. The number of hydrogen-bond acceptors (Lipinski definition) is 7. The minimum atomic E-state index is -4.40. The van der Waals surface area contributed by atoms with Crippen molar-refractivity contribution in [1.82, 2.24) is 4.31 Å². The molecule has 1 aliphatic heterocycles. The van der Waals surface area contributed by atoms with Crippen LogP contribution in [0.15, 0.2) is 35.9 Å². The van der Waals surface area contributed by atoms with Crippen LogP contribution in [0.3, 0.4) is 0 Å². The summed E-state index contributed by atoms with van der Waals surface area (Å²) in [4.78, 5) is 23.2. The van der Waals surface area contributed by atoms with Crippen LogP contribution in [0.4, 0.5) is 4.79 Å². The lowest BCUT2D eigenvalue weighted by Crippen LogP contribution is -2.36.